The van der Waals surface area contributed by atoms with Gasteiger partial charge >= 0.3 is 5.97 Å². The Balaban J connectivity index is 1.32. The molecule has 1 aromatic carbocycles. The van der Waals surface area contributed by atoms with E-state index in [2.05, 4.69) is 37.2 Å². The van der Waals surface area contributed by atoms with E-state index < -0.39 is 25.0 Å². The fraction of sp³-hybridized carbons (Fsp3) is 0.474. The molecule has 6 atom stereocenters. The van der Waals surface area contributed by atoms with Gasteiger partial charge in [0.1, 0.15) is 6.54 Å². The van der Waals surface area contributed by atoms with Crippen LogP contribution in [0.25, 0.3) is 0 Å². The quantitative estimate of drug-likeness (QED) is 0.347. The molecular weight excluding hydrogens is 531 g/mol. The maximum absolute atomic E-state index is 12.8. The number of anilines is 1. The van der Waals surface area contributed by atoms with E-state index in [0.717, 1.165) is 11.3 Å². The van der Waals surface area contributed by atoms with E-state index in [4.69, 9.17) is 16.3 Å². The van der Waals surface area contributed by atoms with Crippen molar-refractivity contribution in [1.29, 1.82) is 0 Å². The molecule has 154 valence electrons. The van der Waals surface area contributed by atoms with Crippen molar-refractivity contribution in [1.82, 2.24) is 4.90 Å². The van der Waals surface area contributed by atoms with Gasteiger partial charge < -0.3 is 10.1 Å². The van der Waals surface area contributed by atoms with Crippen LogP contribution in [0.2, 0.25) is 5.02 Å². The van der Waals surface area contributed by atoms with E-state index in [1.165, 1.54) is 0 Å². The Morgan fingerprint density at radius 3 is 2.28 bits per heavy atom. The van der Waals surface area contributed by atoms with E-state index in [9.17, 15) is 19.2 Å². The van der Waals surface area contributed by atoms with Crippen LogP contribution in [0.3, 0.4) is 0 Å². The Hall–Kier alpha value is -1.45. The van der Waals surface area contributed by atoms with Gasteiger partial charge in [-0.15, -0.1) is 0 Å². The number of ether oxygens (including phenoxy) is 1. The second kappa shape index (κ2) is 8.00. The molecule has 10 heteroatoms. The smallest absolute Gasteiger partial charge is 0.326 e. The first-order valence-electron chi connectivity index (χ1n) is 9.13. The molecule has 3 amide bonds. The number of hydrogen-bond acceptors (Lipinski definition) is 5. The SMILES string of the molecule is O=C(COC(=O)CN1C(=O)[C@@H]2[C@H]3C[C@@H]([C@H](Br)[C@@H]3Br)[C@@H]2C1=O)Nc1ccccc1Cl. The Morgan fingerprint density at radius 2 is 1.69 bits per heavy atom. The van der Waals surface area contributed by atoms with Crippen molar-refractivity contribution in [3.63, 3.8) is 0 Å². The molecule has 2 bridgehead atoms. The predicted molar refractivity (Wildman–Crippen MR) is 112 cm³/mol. The minimum atomic E-state index is -0.806. The van der Waals surface area contributed by atoms with Crippen LogP contribution in [-0.2, 0) is 23.9 Å². The van der Waals surface area contributed by atoms with Crippen LogP contribution in [0.15, 0.2) is 24.3 Å². The highest BCUT2D eigenvalue weighted by Crippen LogP contribution is 2.60. The lowest BCUT2D eigenvalue weighted by Crippen LogP contribution is -2.38. The topological polar surface area (TPSA) is 92.8 Å². The summed E-state index contributed by atoms with van der Waals surface area (Å²) in [6.45, 7) is -1.02. The van der Waals surface area contributed by atoms with Crippen LogP contribution < -0.4 is 5.32 Å². The number of benzene rings is 1. The van der Waals surface area contributed by atoms with Gasteiger partial charge in [-0.2, -0.15) is 0 Å². The van der Waals surface area contributed by atoms with E-state index in [1.54, 1.807) is 24.3 Å². The number of esters is 1. The van der Waals surface area contributed by atoms with Crippen molar-refractivity contribution in [2.45, 2.75) is 16.1 Å². The average Bonchev–Trinajstić information content (AvgIpc) is 3.29. The van der Waals surface area contributed by atoms with Crippen molar-refractivity contribution >= 4 is 72.8 Å². The van der Waals surface area contributed by atoms with Gasteiger partial charge in [0.05, 0.1) is 22.5 Å². The Labute approximate surface area is 188 Å². The summed E-state index contributed by atoms with van der Waals surface area (Å²) in [7, 11) is 0. The summed E-state index contributed by atoms with van der Waals surface area (Å²) < 4.78 is 4.95. The number of hydrogen-bond donors (Lipinski definition) is 1. The fourth-order valence-electron chi connectivity index (χ4n) is 4.64. The molecule has 0 radical (unpaired) electrons. The van der Waals surface area contributed by atoms with Crippen molar-refractivity contribution in [2.24, 2.45) is 23.7 Å². The number of fused-ring (bicyclic) bond motifs is 5. The molecule has 29 heavy (non-hydrogen) atoms. The van der Waals surface area contributed by atoms with Gasteiger partial charge in [-0.05, 0) is 30.4 Å². The Morgan fingerprint density at radius 1 is 1.10 bits per heavy atom. The van der Waals surface area contributed by atoms with E-state index >= 15 is 0 Å². The largest absolute Gasteiger partial charge is 0.454 e. The van der Waals surface area contributed by atoms with Gasteiger partial charge in [-0.25, -0.2) is 0 Å². The first-order valence-corrected chi connectivity index (χ1v) is 11.3. The first-order chi connectivity index (χ1) is 13.8. The summed E-state index contributed by atoms with van der Waals surface area (Å²) in [6, 6.07) is 6.66. The zero-order valence-electron chi connectivity index (χ0n) is 15.0. The second-order valence-corrected chi connectivity index (χ2v) is 9.98. The van der Waals surface area contributed by atoms with Gasteiger partial charge in [-0.3, -0.25) is 24.1 Å². The third-order valence-electron chi connectivity index (χ3n) is 5.88. The summed E-state index contributed by atoms with van der Waals surface area (Å²) >= 11 is 13.2. The average molecular weight is 549 g/mol. The zero-order valence-corrected chi connectivity index (χ0v) is 18.9. The Bertz CT molecular complexity index is 865. The highest BCUT2D eigenvalue weighted by molar-refractivity contribution is 9.12. The molecule has 1 heterocycles. The molecular formula is C19H17Br2ClN2O5. The number of halogens is 3. The molecule has 0 aromatic heterocycles. The summed E-state index contributed by atoms with van der Waals surface area (Å²) in [5.41, 5.74) is 0.400. The Kier molecular flexibility index (Phi) is 5.74. The number of para-hydroxylation sites is 1. The molecule has 2 aliphatic carbocycles. The highest BCUT2D eigenvalue weighted by Gasteiger charge is 2.66. The number of alkyl halides is 2. The molecule has 0 spiro atoms. The van der Waals surface area contributed by atoms with Crippen LogP contribution in [0, 0.1) is 23.7 Å². The maximum Gasteiger partial charge on any atom is 0.326 e. The number of carbonyl (C=O) groups excluding carboxylic acids is 4. The predicted octanol–water partition coefficient (Wildman–Crippen LogP) is 2.60. The fourth-order valence-corrected chi connectivity index (χ4v) is 6.69. The first kappa shape index (κ1) is 20.8. The van der Waals surface area contributed by atoms with E-state index in [0.29, 0.717) is 10.7 Å². The minimum absolute atomic E-state index is 0.0771. The number of carbonyl (C=O) groups is 4. The second-order valence-electron chi connectivity index (χ2n) is 7.46. The molecule has 1 aliphatic heterocycles. The van der Waals surface area contributed by atoms with Crippen molar-refractivity contribution in [3.8, 4) is 0 Å². The lowest BCUT2D eigenvalue weighted by Gasteiger charge is -2.28. The number of rotatable bonds is 5. The third-order valence-corrected chi connectivity index (χ3v) is 9.41. The van der Waals surface area contributed by atoms with Crippen LogP contribution in [0.5, 0.6) is 0 Å². The van der Waals surface area contributed by atoms with Crippen LogP contribution >= 0.6 is 43.5 Å². The summed E-state index contributed by atoms with van der Waals surface area (Å²) in [5, 5.41) is 2.89. The van der Waals surface area contributed by atoms with Gasteiger partial charge in [0, 0.05) is 9.65 Å². The van der Waals surface area contributed by atoms with E-state index in [1.807, 2.05) is 0 Å². The minimum Gasteiger partial charge on any atom is -0.454 e. The van der Waals surface area contributed by atoms with Crippen molar-refractivity contribution in [2.75, 3.05) is 18.5 Å². The number of imide groups is 1. The standard InChI is InChI=1S/C19H17Br2ClN2O5/c20-16-8-5-9(17(16)21)15-14(8)18(27)24(19(15)28)6-13(26)29-7-12(25)23-11-4-2-1-3-10(11)22/h1-4,8-9,14-17H,5-7H2,(H,23,25)/t8-,9-,14-,15+,16-,17+/m1/s1. The zero-order chi connectivity index (χ0) is 20.9. The highest BCUT2D eigenvalue weighted by atomic mass is 79.9. The molecule has 0 unspecified atom stereocenters. The van der Waals surface area contributed by atoms with Crippen molar-refractivity contribution in [3.05, 3.63) is 29.3 Å². The summed E-state index contributed by atoms with van der Waals surface area (Å²) in [4.78, 5) is 50.9. The van der Waals surface area contributed by atoms with Gasteiger partial charge in [0.25, 0.3) is 5.91 Å². The van der Waals surface area contributed by atoms with Crippen molar-refractivity contribution < 1.29 is 23.9 Å². The molecule has 1 N–H and O–H groups in total. The maximum atomic E-state index is 12.8. The molecule has 3 fully saturated rings. The van der Waals surface area contributed by atoms with E-state index in [-0.39, 0.29) is 45.1 Å². The van der Waals surface area contributed by atoms with Crippen LogP contribution in [0.1, 0.15) is 6.42 Å². The summed E-state index contributed by atoms with van der Waals surface area (Å²) in [5.74, 6) is -2.64. The number of nitrogens with zero attached hydrogens (tertiary/aromatic N) is 1. The molecule has 3 aliphatic rings. The molecule has 1 saturated heterocycles. The van der Waals surface area contributed by atoms with Gasteiger partial charge in [0.2, 0.25) is 11.8 Å². The number of nitrogens with one attached hydrogen (secondary N) is 1. The van der Waals surface area contributed by atoms with Crippen LogP contribution in [-0.4, -0.2) is 51.4 Å². The monoisotopic (exact) mass is 546 g/mol. The number of amides is 3. The molecule has 1 aromatic rings. The van der Waals surface area contributed by atoms with Gasteiger partial charge in [-0.1, -0.05) is 55.6 Å². The lowest BCUT2D eigenvalue weighted by atomic mass is 9.81. The van der Waals surface area contributed by atoms with Gasteiger partial charge in [0.15, 0.2) is 6.61 Å². The molecule has 4 rings (SSSR count). The number of likely N-dealkylation sites (tertiary alicyclic amines) is 1. The molecule has 2 saturated carbocycles. The third kappa shape index (κ3) is 3.61. The lowest BCUT2D eigenvalue weighted by molar-refractivity contribution is -0.154. The summed E-state index contributed by atoms with van der Waals surface area (Å²) in [6.07, 6.45) is 0.819. The van der Waals surface area contributed by atoms with Crippen LogP contribution in [0.4, 0.5) is 5.69 Å². The molecule has 7 nitrogen and oxygen atoms in total. The normalized spacial score (nSPS) is 32.4.